The maximum Gasteiger partial charge on any atom is 0.334 e. The van der Waals surface area contributed by atoms with Crippen molar-refractivity contribution in [1.82, 2.24) is 0 Å². The van der Waals surface area contributed by atoms with E-state index in [1.165, 1.54) is 18.9 Å². The van der Waals surface area contributed by atoms with Gasteiger partial charge in [0.2, 0.25) is 0 Å². The molecule has 0 heterocycles. The van der Waals surface area contributed by atoms with Gasteiger partial charge in [-0.25, -0.2) is 9.59 Å². The van der Waals surface area contributed by atoms with Crippen LogP contribution in [-0.2, 0) is 19.1 Å². The van der Waals surface area contributed by atoms with Crippen LogP contribution in [0.2, 0.25) is 0 Å². The number of carbonyl (C=O) groups excluding carboxylic acids is 2. The minimum atomic E-state index is -0.449. The van der Waals surface area contributed by atoms with Crippen molar-refractivity contribution in [2.75, 3.05) is 13.2 Å². The molecule has 0 aliphatic heterocycles. The SMILES string of the molecule is CCOC(=O)/C=C(\C(=O)OCC)C1CCCCCC1. The number of hydrogen-bond donors (Lipinski definition) is 0. The van der Waals surface area contributed by atoms with E-state index in [1.807, 2.05) is 0 Å². The third-order valence-corrected chi connectivity index (χ3v) is 3.37. The molecule has 1 aliphatic rings. The third kappa shape index (κ3) is 5.45. The van der Waals surface area contributed by atoms with Crippen molar-refractivity contribution < 1.29 is 19.1 Å². The average molecular weight is 268 g/mol. The van der Waals surface area contributed by atoms with E-state index in [-0.39, 0.29) is 11.9 Å². The Balaban J connectivity index is 2.83. The molecular formula is C15H24O4. The fourth-order valence-electron chi connectivity index (χ4n) is 2.46. The Bertz CT molecular complexity index is 325. The predicted molar refractivity (Wildman–Crippen MR) is 72.5 cm³/mol. The van der Waals surface area contributed by atoms with E-state index in [0.717, 1.165) is 25.7 Å². The van der Waals surface area contributed by atoms with Crippen molar-refractivity contribution in [3.05, 3.63) is 11.6 Å². The van der Waals surface area contributed by atoms with Crippen molar-refractivity contribution in [1.29, 1.82) is 0 Å². The van der Waals surface area contributed by atoms with Crippen LogP contribution in [0.5, 0.6) is 0 Å². The van der Waals surface area contributed by atoms with Crippen LogP contribution in [0.15, 0.2) is 11.6 Å². The summed E-state index contributed by atoms with van der Waals surface area (Å²) in [5.41, 5.74) is 0.488. The Hall–Kier alpha value is -1.32. The minimum absolute atomic E-state index is 0.131. The lowest BCUT2D eigenvalue weighted by Gasteiger charge is -2.16. The molecule has 0 bridgehead atoms. The molecule has 0 aromatic rings. The molecule has 0 aromatic heterocycles. The van der Waals surface area contributed by atoms with Gasteiger partial charge in [-0.3, -0.25) is 0 Å². The van der Waals surface area contributed by atoms with Gasteiger partial charge in [-0.2, -0.15) is 0 Å². The molecule has 0 atom stereocenters. The number of ether oxygens (including phenoxy) is 2. The number of carbonyl (C=O) groups is 2. The highest BCUT2D eigenvalue weighted by atomic mass is 16.5. The molecule has 4 heteroatoms. The van der Waals surface area contributed by atoms with Crippen molar-refractivity contribution in [3.63, 3.8) is 0 Å². The first kappa shape index (κ1) is 15.7. The lowest BCUT2D eigenvalue weighted by molar-refractivity contribution is -0.141. The summed E-state index contributed by atoms with van der Waals surface area (Å²) in [5, 5.41) is 0. The van der Waals surface area contributed by atoms with Gasteiger partial charge in [-0.05, 0) is 32.6 Å². The molecule has 0 radical (unpaired) electrons. The van der Waals surface area contributed by atoms with E-state index in [4.69, 9.17) is 9.47 Å². The molecule has 1 rings (SSSR count). The number of rotatable bonds is 5. The van der Waals surface area contributed by atoms with Crippen LogP contribution in [0, 0.1) is 5.92 Å². The van der Waals surface area contributed by atoms with E-state index in [1.54, 1.807) is 13.8 Å². The molecule has 0 N–H and O–H groups in total. The van der Waals surface area contributed by atoms with Gasteiger partial charge in [-0.1, -0.05) is 25.7 Å². The molecule has 1 fully saturated rings. The minimum Gasteiger partial charge on any atom is -0.463 e. The van der Waals surface area contributed by atoms with Crippen LogP contribution in [0.1, 0.15) is 52.4 Å². The number of esters is 2. The van der Waals surface area contributed by atoms with Crippen LogP contribution in [0.25, 0.3) is 0 Å². The Morgan fingerprint density at radius 1 is 1.00 bits per heavy atom. The van der Waals surface area contributed by atoms with Gasteiger partial charge in [0.1, 0.15) is 0 Å². The van der Waals surface area contributed by atoms with E-state index < -0.39 is 5.97 Å². The Morgan fingerprint density at radius 3 is 2.11 bits per heavy atom. The van der Waals surface area contributed by atoms with Crippen molar-refractivity contribution in [3.8, 4) is 0 Å². The zero-order chi connectivity index (χ0) is 14.1. The fourth-order valence-corrected chi connectivity index (χ4v) is 2.46. The maximum absolute atomic E-state index is 12.0. The molecule has 0 unspecified atom stereocenters. The quantitative estimate of drug-likeness (QED) is 0.437. The summed E-state index contributed by atoms with van der Waals surface area (Å²) in [6.07, 6.45) is 7.83. The zero-order valence-electron chi connectivity index (χ0n) is 11.9. The topological polar surface area (TPSA) is 52.6 Å². The van der Waals surface area contributed by atoms with E-state index in [2.05, 4.69) is 0 Å². The lowest BCUT2D eigenvalue weighted by Crippen LogP contribution is -2.18. The van der Waals surface area contributed by atoms with Crippen molar-refractivity contribution in [2.45, 2.75) is 52.4 Å². The molecule has 4 nitrogen and oxygen atoms in total. The maximum atomic E-state index is 12.0. The summed E-state index contributed by atoms with van der Waals surface area (Å²) in [5.74, 6) is -0.691. The van der Waals surface area contributed by atoms with Gasteiger partial charge in [0.05, 0.1) is 13.2 Å². The zero-order valence-corrected chi connectivity index (χ0v) is 11.9. The summed E-state index contributed by atoms with van der Waals surface area (Å²) in [6.45, 7) is 4.16. The normalized spacial score (nSPS) is 17.7. The standard InChI is InChI=1S/C15H24O4/c1-3-18-14(16)11-13(15(17)19-4-2)12-9-7-5-6-8-10-12/h11-12H,3-10H2,1-2H3/b13-11-. The monoisotopic (exact) mass is 268 g/mol. The molecule has 0 saturated heterocycles. The first-order valence-corrected chi connectivity index (χ1v) is 7.24. The van der Waals surface area contributed by atoms with Gasteiger partial charge >= 0.3 is 11.9 Å². The second kappa shape index (κ2) is 8.73. The Labute approximate surface area is 115 Å². The molecular weight excluding hydrogens is 244 g/mol. The van der Waals surface area contributed by atoms with Gasteiger partial charge in [0.25, 0.3) is 0 Å². The predicted octanol–water partition coefficient (Wildman–Crippen LogP) is 3.01. The highest BCUT2D eigenvalue weighted by Crippen LogP contribution is 2.29. The largest absolute Gasteiger partial charge is 0.463 e. The molecule has 0 aromatic carbocycles. The Morgan fingerprint density at radius 2 is 1.58 bits per heavy atom. The van der Waals surface area contributed by atoms with Crippen molar-refractivity contribution >= 4 is 11.9 Å². The molecule has 19 heavy (non-hydrogen) atoms. The first-order chi connectivity index (χ1) is 9.19. The van der Waals surface area contributed by atoms with E-state index >= 15 is 0 Å². The molecule has 0 amide bonds. The summed E-state index contributed by atoms with van der Waals surface area (Å²) in [6, 6.07) is 0. The van der Waals surface area contributed by atoms with Gasteiger partial charge < -0.3 is 9.47 Å². The first-order valence-electron chi connectivity index (χ1n) is 7.24. The summed E-state index contributed by atoms with van der Waals surface area (Å²) >= 11 is 0. The molecule has 1 saturated carbocycles. The van der Waals surface area contributed by atoms with Gasteiger partial charge in [-0.15, -0.1) is 0 Å². The second-order valence-corrected chi connectivity index (χ2v) is 4.76. The average Bonchev–Trinajstić information content (AvgIpc) is 2.65. The summed E-state index contributed by atoms with van der Waals surface area (Å²) in [7, 11) is 0. The third-order valence-electron chi connectivity index (χ3n) is 3.37. The van der Waals surface area contributed by atoms with E-state index in [9.17, 15) is 9.59 Å². The molecule has 1 aliphatic carbocycles. The lowest BCUT2D eigenvalue weighted by atomic mass is 9.91. The van der Waals surface area contributed by atoms with Gasteiger partial charge in [0.15, 0.2) is 0 Å². The van der Waals surface area contributed by atoms with Crippen LogP contribution in [0.3, 0.4) is 0 Å². The van der Waals surface area contributed by atoms with E-state index in [0.29, 0.717) is 18.8 Å². The smallest absolute Gasteiger partial charge is 0.334 e. The van der Waals surface area contributed by atoms with Gasteiger partial charge in [0, 0.05) is 11.6 Å². The molecule has 108 valence electrons. The summed E-state index contributed by atoms with van der Waals surface area (Å²) in [4.78, 5) is 23.6. The fraction of sp³-hybridized carbons (Fsp3) is 0.733. The van der Waals surface area contributed by atoms with Crippen molar-refractivity contribution in [2.24, 2.45) is 5.92 Å². The highest BCUT2D eigenvalue weighted by Gasteiger charge is 2.24. The van der Waals surface area contributed by atoms with Crippen LogP contribution >= 0.6 is 0 Å². The van der Waals surface area contributed by atoms with Crippen LogP contribution in [0.4, 0.5) is 0 Å². The number of hydrogen-bond acceptors (Lipinski definition) is 4. The second-order valence-electron chi connectivity index (χ2n) is 4.76. The highest BCUT2D eigenvalue weighted by molar-refractivity contribution is 5.96. The Kier molecular flexibility index (Phi) is 7.23. The van der Waals surface area contributed by atoms with Crippen LogP contribution < -0.4 is 0 Å². The molecule has 0 spiro atoms. The summed E-state index contributed by atoms with van der Waals surface area (Å²) < 4.78 is 9.96. The van der Waals surface area contributed by atoms with Crippen LogP contribution in [-0.4, -0.2) is 25.2 Å².